The van der Waals surface area contributed by atoms with Crippen LogP contribution in [0, 0.1) is 23.7 Å². The lowest BCUT2D eigenvalue weighted by Crippen LogP contribution is -2.70. The Morgan fingerprint density at radius 2 is 1.86 bits per heavy atom. The molecular weight excluding hydrogens is 368 g/mol. The second-order valence-corrected chi connectivity index (χ2v) is 9.60. The molecule has 0 bridgehead atoms. The average Bonchev–Trinajstić information content (AvgIpc) is 3.32. The number of Topliss-reactive ketones (excluding diaryl/α,β-unsaturated/α-hetero) is 1. The molecule has 8 nitrogen and oxygen atoms in total. The fourth-order valence-electron chi connectivity index (χ4n) is 6.50. The number of rotatable bonds is 2. The van der Waals surface area contributed by atoms with Crippen LogP contribution >= 0.6 is 0 Å². The molecule has 1 saturated heterocycles. The quantitative estimate of drug-likeness (QED) is 0.243. The molecule has 0 aromatic carbocycles. The molecule has 4 fully saturated rings. The van der Waals surface area contributed by atoms with Gasteiger partial charge in [-0.3, -0.25) is 4.79 Å². The number of ether oxygens (including phenoxy) is 1. The van der Waals surface area contributed by atoms with Crippen LogP contribution < -0.4 is 0 Å². The fourth-order valence-corrected chi connectivity index (χ4v) is 6.50. The summed E-state index contributed by atoms with van der Waals surface area (Å²) in [5.41, 5.74) is -7.18. The summed E-state index contributed by atoms with van der Waals surface area (Å²) in [5.74, 6) is -4.07. The van der Waals surface area contributed by atoms with Crippen molar-refractivity contribution < 1.29 is 40.2 Å². The number of epoxide rings is 1. The minimum Gasteiger partial charge on any atom is -0.393 e. The van der Waals surface area contributed by atoms with Crippen molar-refractivity contribution in [3.05, 3.63) is 12.2 Å². The van der Waals surface area contributed by atoms with Crippen LogP contribution in [-0.4, -0.2) is 83.7 Å². The Kier molecular flexibility index (Phi) is 4.10. The highest BCUT2D eigenvalue weighted by molar-refractivity contribution is 5.93. The molecule has 4 aliphatic rings. The molecule has 158 valence electrons. The zero-order valence-electron chi connectivity index (χ0n) is 16.4. The molecule has 0 spiro atoms. The Morgan fingerprint density at radius 1 is 1.25 bits per heavy atom. The summed E-state index contributed by atoms with van der Waals surface area (Å²) < 4.78 is 5.62. The lowest BCUT2D eigenvalue weighted by molar-refractivity contribution is -0.254. The van der Waals surface area contributed by atoms with Crippen LogP contribution in [0.3, 0.4) is 0 Å². The van der Waals surface area contributed by atoms with E-state index in [0.29, 0.717) is 5.57 Å². The maximum atomic E-state index is 12.9. The Hall–Kier alpha value is -0.870. The van der Waals surface area contributed by atoms with E-state index in [1.165, 1.54) is 0 Å². The monoisotopic (exact) mass is 398 g/mol. The molecule has 1 aliphatic heterocycles. The van der Waals surface area contributed by atoms with Gasteiger partial charge in [-0.05, 0) is 31.3 Å². The van der Waals surface area contributed by atoms with Gasteiger partial charge in [-0.2, -0.15) is 0 Å². The Balaban J connectivity index is 1.95. The topological polar surface area (TPSA) is 151 Å². The molecule has 8 heteroatoms. The number of carbonyl (C=O) groups is 1. The summed E-state index contributed by atoms with van der Waals surface area (Å²) in [6.07, 6.45) is -4.20. The Bertz CT molecular complexity index is 740. The van der Waals surface area contributed by atoms with Crippen molar-refractivity contribution in [2.45, 2.75) is 74.3 Å². The predicted octanol–water partition coefficient (Wildman–Crippen LogP) is -1.50. The molecule has 0 amide bonds. The van der Waals surface area contributed by atoms with Gasteiger partial charge in [0.25, 0.3) is 0 Å². The zero-order chi connectivity index (χ0) is 21.0. The van der Waals surface area contributed by atoms with E-state index in [2.05, 4.69) is 6.58 Å². The van der Waals surface area contributed by atoms with Crippen molar-refractivity contribution in [1.29, 1.82) is 0 Å². The van der Waals surface area contributed by atoms with Gasteiger partial charge in [-0.25, -0.2) is 0 Å². The number of fused-ring (bicyclic) bond motifs is 5. The maximum Gasteiger partial charge on any atom is 0.170 e. The first-order valence-electron chi connectivity index (χ1n) is 9.85. The van der Waals surface area contributed by atoms with E-state index in [9.17, 15) is 35.4 Å². The van der Waals surface area contributed by atoms with Crippen LogP contribution in [0.15, 0.2) is 12.2 Å². The molecule has 1 heterocycles. The second kappa shape index (κ2) is 5.63. The largest absolute Gasteiger partial charge is 0.393 e. The molecule has 28 heavy (non-hydrogen) atoms. The second-order valence-electron chi connectivity index (χ2n) is 9.60. The molecule has 3 saturated carbocycles. The van der Waals surface area contributed by atoms with Gasteiger partial charge in [0.05, 0.1) is 18.3 Å². The van der Waals surface area contributed by atoms with Gasteiger partial charge in [0, 0.05) is 17.8 Å². The van der Waals surface area contributed by atoms with Gasteiger partial charge in [0.2, 0.25) is 0 Å². The smallest absolute Gasteiger partial charge is 0.170 e. The van der Waals surface area contributed by atoms with Crippen LogP contribution in [0.4, 0.5) is 0 Å². The molecule has 6 N–H and O–H groups in total. The van der Waals surface area contributed by atoms with Crippen molar-refractivity contribution in [2.75, 3.05) is 6.61 Å². The molecule has 4 rings (SSSR count). The summed E-state index contributed by atoms with van der Waals surface area (Å²) in [5, 5.41) is 66.6. The zero-order valence-corrected chi connectivity index (χ0v) is 16.4. The lowest BCUT2D eigenvalue weighted by Gasteiger charge is -2.57. The first-order chi connectivity index (χ1) is 12.8. The molecule has 0 aromatic heterocycles. The van der Waals surface area contributed by atoms with Gasteiger partial charge >= 0.3 is 0 Å². The number of aliphatic hydroxyl groups excluding tert-OH is 3. The van der Waals surface area contributed by atoms with Crippen molar-refractivity contribution in [3.8, 4) is 0 Å². The normalized spacial score (nSPS) is 60.5. The van der Waals surface area contributed by atoms with Gasteiger partial charge in [-0.15, -0.1) is 0 Å². The van der Waals surface area contributed by atoms with E-state index in [4.69, 9.17) is 4.74 Å². The summed E-state index contributed by atoms with van der Waals surface area (Å²) in [7, 11) is 0. The minimum absolute atomic E-state index is 0.0272. The van der Waals surface area contributed by atoms with Gasteiger partial charge in [0.1, 0.15) is 23.4 Å². The Labute approximate surface area is 163 Å². The molecule has 0 aromatic rings. The lowest BCUT2D eigenvalue weighted by atomic mass is 9.54. The van der Waals surface area contributed by atoms with Gasteiger partial charge in [0.15, 0.2) is 11.4 Å². The average molecular weight is 398 g/mol. The number of carbonyl (C=O) groups excluding carboxylic acids is 1. The number of hydrogen-bond donors (Lipinski definition) is 6. The molecule has 3 unspecified atom stereocenters. The van der Waals surface area contributed by atoms with E-state index >= 15 is 0 Å². The maximum absolute atomic E-state index is 12.9. The van der Waals surface area contributed by atoms with Crippen LogP contribution in [0.5, 0.6) is 0 Å². The van der Waals surface area contributed by atoms with Gasteiger partial charge in [-0.1, -0.05) is 20.4 Å². The standard InChI is InChI=1S/C20H30O8/c1-8(2)17(25)6-10(4)19(26)11-5-9(3)13(22)20(11,27)16(24)18(7-21)15(28-18)12(19)14(17)23/h9-12,14-16,21,23-27H,1,5-7H2,2-4H3/t9-,10+,11?,12?,14+,15?,16+,17+,18-,19-,20+/m0/s1. The molecular formula is C20H30O8. The van der Waals surface area contributed by atoms with E-state index in [-0.39, 0.29) is 12.8 Å². The van der Waals surface area contributed by atoms with E-state index in [1.807, 2.05) is 0 Å². The summed E-state index contributed by atoms with van der Waals surface area (Å²) in [4.78, 5) is 12.9. The SMILES string of the molecule is C=C(C)[C@]1(O)C[C@@H](C)[C@@]2(O)C(C3O[C@]3(CO)[C@@H](O)[C@]3(O)C(=O)[C@@H](C)CC23)[C@H]1O. The van der Waals surface area contributed by atoms with Crippen LogP contribution in [0.25, 0.3) is 0 Å². The summed E-state index contributed by atoms with van der Waals surface area (Å²) >= 11 is 0. The van der Waals surface area contributed by atoms with E-state index < -0.39 is 76.8 Å². The highest BCUT2D eigenvalue weighted by Crippen LogP contribution is 2.66. The fraction of sp³-hybridized carbons (Fsp3) is 0.850. The molecule has 3 aliphatic carbocycles. The predicted molar refractivity (Wildman–Crippen MR) is 95.9 cm³/mol. The number of aliphatic hydroxyl groups is 6. The third-order valence-corrected chi connectivity index (χ3v) is 8.25. The highest BCUT2D eigenvalue weighted by atomic mass is 16.6. The van der Waals surface area contributed by atoms with E-state index in [1.54, 1.807) is 20.8 Å². The molecule has 11 atom stereocenters. The van der Waals surface area contributed by atoms with E-state index in [0.717, 1.165) is 0 Å². The van der Waals surface area contributed by atoms with Crippen molar-refractivity contribution >= 4 is 5.78 Å². The third kappa shape index (κ3) is 1.97. The first kappa shape index (κ1) is 20.4. The van der Waals surface area contributed by atoms with Crippen molar-refractivity contribution in [2.24, 2.45) is 23.7 Å². The summed E-state index contributed by atoms with van der Waals surface area (Å²) in [6.45, 7) is 7.96. The first-order valence-corrected chi connectivity index (χ1v) is 9.85. The van der Waals surface area contributed by atoms with Crippen molar-refractivity contribution in [3.63, 3.8) is 0 Å². The number of hydrogen-bond acceptors (Lipinski definition) is 8. The minimum atomic E-state index is -2.31. The van der Waals surface area contributed by atoms with Crippen LogP contribution in [0.1, 0.15) is 33.6 Å². The van der Waals surface area contributed by atoms with Crippen molar-refractivity contribution in [1.82, 2.24) is 0 Å². The van der Waals surface area contributed by atoms with Crippen LogP contribution in [-0.2, 0) is 9.53 Å². The third-order valence-electron chi connectivity index (χ3n) is 8.25. The molecule has 0 radical (unpaired) electrons. The summed E-state index contributed by atoms with van der Waals surface area (Å²) in [6, 6.07) is 0. The number of ketones is 1. The van der Waals surface area contributed by atoms with Gasteiger partial charge < -0.3 is 35.4 Å². The van der Waals surface area contributed by atoms with Crippen LogP contribution in [0.2, 0.25) is 0 Å². The highest BCUT2D eigenvalue weighted by Gasteiger charge is 2.83. The Morgan fingerprint density at radius 3 is 2.39 bits per heavy atom.